The lowest BCUT2D eigenvalue weighted by Gasteiger charge is -2.30. The molecule has 1 heterocycles. The minimum atomic E-state index is -3.54. The van der Waals surface area contributed by atoms with Crippen LogP contribution in [0, 0.1) is 5.92 Å². The highest BCUT2D eigenvalue weighted by Crippen LogP contribution is 2.22. The van der Waals surface area contributed by atoms with Gasteiger partial charge in [-0.25, -0.2) is 13.1 Å². The maximum atomic E-state index is 12.4. The van der Waals surface area contributed by atoms with Crippen molar-refractivity contribution in [2.45, 2.75) is 43.2 Å². The molecule has 1 amide bonds. The second kappa shape index (κ2) is 6.59. The molecule has 0 spiro atoms. The van der Waals surface area contributed by atoms with Crippen molar-refractivity contribution in [2.24, 2.45) is 5.92 Å². The Bertz CT molecular complexity index is 686. The summed E-state index contributed by atoms with van der Waals surface area (Å²) in [5.74, 6) is 0.142. The molecular formula is C16H23N3O3S. The molecule has 2 unspecified atom stereocenters. The van der Waals surface area contributed by atoms with Crippen molar-refractivity contribution >= 4 is 15.9 Å². The average molecular weight is 337 g/mol. The summed E-state index contributed by atoms with van der Waals surface area (Å²) >= 11 is 0. The number of nitrogens with one attached hydrogen (secondary N) is 3. The van der Waals surface area contributed by atoms with Crippen molar-refractivity contribution in [1.82, 2.24) is 15.4 Å². The summed E-state index contributed by atoms with van der Waals surface area (Å²) < 4.78 is 27.1. The normalized spacial score (nSPS) is 25.1. The van der Waals surface area contributed by atoms with Gasteiger partial charge in [-0.3, -0.25) is 4.79 Å². The van der Waals surface area contributed by atoms with Crippen LogP contribution in [0.3, 0.4) is 0 Å². The summed E-state index contributed by atoms with van der Waals surface area (Å²) in [6, 6.07) is 6.40. The minimum Gasteiger partial charge on any atom is -0.349 e. The lowest BCUT2D eigenvalue weighted by atomic mass is 9.95. The van der Waals surface area contributed by atoms with Crippen molar-refractivity contribution in [3.05, 3.63) is 29.8 Å². The summed E-state index contributed by atoms with van der Waals surface area (Å²) in [4.78, 5) is 12.6. The fraction of sp³-hybridized carbons (Fsp3) is 0.562. The van der Waals surface area contributed by atoms with Crippen LogP contribution in [0.4, 0.5) is 0 Å². The van der Waals surface area contributed by atoms with Crippen molar-refractivity contribution < 1.29 is 13.2 Å². The molecule has 1 aromatic rings. The molecule has 2 atom stereocenters. The molecule has 0 bridgehead atoms. The summed E-state index contributed by atoms with van der Waals surface area (Å²) in [5, 5.41) is 6.31. The molecule has 2 aliphatic rings. The van der Waals surface area contributed by atoms with Gasteiger partial charge < -0.3 is 10.6 Å². The third-order valence-corrected chi connectivity index (χ3v) is 5.93. The van der Waals surface area contributed by atoms with Crippen LogP contribution in [0.15, 0.2) is 29.2 Å². The van der Waals surface area contributed by atoms with E-state index in [-0.39, 0.29) is 22.9 Å². The van der Waals surface area contributed by atoms with E-state index in [9.17, 15) is 13.2 Å². The first-order chi connectivity index (χ1) is 11.0. The van der Waals surface area contributed by atoms with Crippen LogP contribution < -0.4 is 15.4 Å². The van der Waals surface area contributed by atoms with E-state index in [1.807, 2.05) is 0 Å². The highest BCUT2D eigenvalue weighted by atomic mass is 32.2. The smallest absolute Gasteiger partial charge is 0.251 e. The van der Waals surface area contributed by atoms with E-state index in [0.29, 0.717) is 11.5 Å². The number of carbonyl (C=O) groups excluding carboxylic acids is 1. The second-order valence-electron chi connectivity index (χ2n) is 6.47. The molecule has 3 rings (SSSR count). The van der Waals surface area contributed by atoms with Crippen molar-refractivity contribution in [1.29, 1.82) is 0 Å². The molecule has 1 aliphatic heterocycles. The molecule has 0 radical (unpaired) electrons. The van der Waals surface area contributed by atoms with Gasteiger partial charge in [0.25, 0.3) is 5.91 Å². The zero-order valence-corrected chi connectivity index (χ0v) is 14.0. The number of rotatable bonds is 5. The van der Waals surface area contributed by atoms with Crippen molar-refractivity contribution in [3.63, 3.8) is 0 Å². The monoisotopic (exact) mass is 337 g/mol. The van der Waals surface area contributed by atoms with Gasteiger partial charge in [-0.05, 0) is 56.5 Å². The molecule has 1 saturated heterocycles. The molecule has 23 heavy (non-hydrogen) atoms. The molecule has 7 heteroatoms. The molecule has 1 saturated carbocycles. The van der Waals surface area contributed by atoms with Gasteiger partial charge in [-0.15, -0.1) is 0 Å². The summed E-state index contributed by atoms with van der Waals surface area (Å²) in [6.45, 7) is 3.86. The third kappa shape index (κ3) is 4.10. The Labute approximate surface area is 137 Å². The SMILES string of the molecule is CC1CNCCC1NC(=O)c1cccc(S(=O)(=O)NC2CC2)c1. The molecule has 3 N–H and O–H groups in total. The Balaban J connectivity index is 1.72. The third-order valence-electron chi connectivity index (χ3n) is 4.41. The number of piperidine rings is 1. The molecule has 1 aromatic carbocycles. The van der Waals surface area contributed by atoms with Crippen molar-refractivity contribution in [3.8, 4) is 0 Å². The average Bonchev–Trinajstić information content (AvgIpc) is 3.33. The van der Waals surface area contributed by atoms with Crippen LogP contribution in [-0.2, 0) is 10.0 Å². The molecule has 126 valence electrons. The number of carbonyl (C=O) groups is 1. The Morgan fingerprint density at radius 2 is 2.04 bits per heavy atom. The lowest BCUT2D eigenvalue weighted by Crippen LogP contribution is -2.48. The summed E-state index contributed by atoms with van der Waals surface area (Å²) in [7, 11) is -3.54. The Hall–Kier alpha value is -1.44. The van der Waals surface area contributed by atoms with Gasteiger partial charge in [0.15, 0.2) is 0 Å². The van der Waals surface area contributed by atoms with Gasteiger partial charge >= 0.3 is 0 Å². The van der Waals surface area contributed by atoms with Crippen LogP contribution in [-0.4, -0.2) is 39.5 Å². The quantitative estimate of drug-likeness (QED) is 0.743. The van der Waals surface area contributed by atoms with E-state index in [2.05, 4.69) is 22.3 Å². The fourth-order valence-electron chi connectivity index (χ4n) is 2.77. The molecule has 2 fully saturated rings. The van der Waals surface area contributed by atoms with Gasteiger partial charge in [0.1, 0.15) is 0 Å². The first-order valence-corrected chi connectivity index (χ1v) is 9.58. The topological polar surface area (TPSA) is 87.3 Å². The number of amides is 1. The summed E-state index contributed by atoms with van der Waals surface area (Å²) in [5.41, 5.74) is 0.384. The van der Waals surface area contributed by atoms with Gasteiger partial charge in [0.05, 0.1) is 4.90 Å². The highest BCUT2D eigenvalue weighted by Gasteiger charge is 2.28. The van der Waals surface area contributed by atoms with Gasteiger partial charge in [0.2, 0.25) is 10.0 Å². The molecule has 1 aliphatic carbocycles. The maximum Gasteiger partial charge on any atom is 0.251 e. The number of sulfonamides is 1. The van der Waals surface area contributed by atoms with Crippen LogP contribution in [0.2, 0.25) is 0 Å². The number of benzene rings is 1. The standard InChI is InChI=1S/C16H23N3O3S/c1-11-10-17-8-7-15(11)18-16(20)12-3-2-4-14(9-12)23(21,22)19-13-5-6-13/h2-4,9,11,13,15,17,19H,5-8,10H2,1H3,(H,18,20). The fourth-order valence-corrected chi connectivity index (χ4v) is 4.12. The highest BCUT2D eigenvalue weighted by molar-refractivity contribution is 7.89. The number of hydrogen-bond donors (Lipinski definition) is 3. The Kier molecular flexibility index (Phi) is 4.70. The zero-order chi connectivity index (χ0) is 16.4. The van der Waals surface area contributed by atoms with E-state index in [4.69, 9.17) is 0 Å². The van der Waals surface area contributed by atoms with E-state index < -0.39 is 10.0 Å². The van der Waals surface area contributed by atoms with E-state index in [1.54, 1.807) is 12.1 Å². The number of hydrogen-bond acceptors (Lipinski definition) is 4. The predicted molar refractivity (Wildman–Crippen MR) is 87.7 cm³/mol. The Morgan fingerprint density at radius 3 is 2.74 bits per heavy atom. The van der Waals surface area contributed by atoms with E-state index >= 15 is 0 Å². The van der Waals surface area contributed by atoms with Gasteiger partial charge in [0, 0.05) is 17.6 Å². The molecular weight excluding hydrogens is 314 g/mol. The van der Waals surface area contributed by atoms with Crippen LogP contribution >= 0.6 is 0 Å². The van der Waals surface area contributed by atoms with E-state index in [1.165, 1.54) is 12.1 Å². The molecule has 0 aromatic heterocycles. The Morgan fingerprint density at radius 1 is 1.26 bits per heavy atom. The zero-order valence-electron chi connectivity index (χ0n) is 13.2. The lowest BCUT2D eigenvalue weighted by molar-refractivity contribution is 0.0914. The van der Waals surface area contributed by atoms with Crippen LogP contribution in [0.25, 0.3) is 0 Å². The van der Waals surface area contributed by atoms with E-state index in [0.717, 1.165) is 32.4 Å². The predicted octanol–water partition coefficient (Wildman–Crippen LogP) is 0.855. The minimum absolute atomic E-state index is 0.0491. The molecule has 6 nitrogen and oxygen atoms in total. The van der Waals surface area contributed by atoms with Crippen LogP contribution in [0.5, 0.6) is 0 Å². The summed E-state index contributed by atoms with van der Waals surface area (Å²) in [6.07, 6.45) is 2.65. The first kappa shape index (κ1) is 16.4. The second-order valence-corrected chi connectivity index (χ2v) is 8.19. The van der Waals surface area contributed by atoms with Gasteiger partial charge in [-0.2, -0.15) is 0 Å². The van der Waals surface area contributed by atoms with Crippen LogP contribution in [0.1, 0.15) is 36.5 Å². The largest absolute Gasteiger partial charge is 0.349 e. The van der Waals surface area contributed by atoms with Gasteiger partial charge in [-0.1, -0.05) is 13.0 Å². The maximum absolute atomic E-state index is 12.4. The van der Waals surface area contributed by atoms with Crippen molar-refractivity contribution in [2.75, 3.05) is 13.1 Å². The first-order valence-electron chi connectivity index (χ1n) is 8.10.